The van der Waals surface area contributed by atoms with Crippen LogP contribution in [0.1, 0.15) is 46.0 Å². The highest BCUT2D eigenvalue weighted by Crippen LogP contribution is 2.34. The van der Waals surface area contributed by atoms with Crippen molar-refractivity contribution in [3.63, 3.8) is 0 Å². The summed E-state index contributed by atoms with van der Waals surface area (Å²) in [4.78, 5) is 10.4. The molecule has 1 aliphatic rings. The molecule has 0 amide bonds. The average Bonchev–Trinajstić information content (AvgIpc) is 2.51. The van der Waals surface area contributed by atoms with Crippen molar-refractivity contribution in [2.24, 2.45) is 5.41 Å². The van der Waals surface area contributed by atoms with E-state index in [9.17, 15) is 10.1 Å². The monoisotopic (exact) mass is 262 g/mol. The molecule has 1 saturated carbocycles. The molecule has 0 radical (unpaired) electrons. The Morgan fingerprint density at radius 3 is 2.84 bits per heavy atom. The Hall–Kier alpha value is -1.58. The first-order valence-corrected chi connectivity index (χ1v) is 6.97. The van der Waals surface area contributed by atoms with Crippen molar-refractivity contribution in [1.82, 2.24) is 0 Å². The fraction of sp³-hybridized carbons (Fsp3) is 0.600. The molecule has 4 heteroatoms. The lowest BCUT2D eigenvalue weighted by molar-refractivity contribution is -0.384. The van der Waals surface area contributed by atoms with Crippen LogP contribution < -0.4 is 5.32 Å². The van der Waals surface area contributed by atoms with Crippen LogP contribution in [0.4, 0.5) is 11.4 Å². The SMILES string of the molecule is CC1(C)CCCC(Nc2cccc([N+](=O)[O-])c2)CC1. The first-order chi connectivity index (χ1) is 8.96. The topological polar surface area (TPSA) is 55.2 Å². The summed E-state index contributed by atoms with van der Waals surface area (Å²) in [6.07, 6.45) is 5.97. The number of nitro benzene ring substituents is 1. The molecule has 4 nitrogen and oxygen atoms in total. The molecule has 0 bridgehead atoms. The van der Waals surface area contributed by atoms with Gasteiger partial charge in [0.25, 0.3) is 5.69 Å². The van der Waals surface area contributed by atoms with Crippen LogP contribution in [0.15, 0.2) is 24.3 Å². The zero-order valence-corrected chi connectivity index (χ0v) is 11.7. The van der Waals surface area contributed by atoms with Gasteiger partial charge in [-0.2, -0.15) is 0 Å². The Bertz CT molecular complexity index is 457. The van der Waals surface area contributed by atoms with Gasteiger partial charge >= 0.3 is 0 Å². The molecule has 1 N–H and O–H groups in total. The van der Waals surface area contributed by atoms with Crippen LogP contribution in [0.2, 0.25) is 0 Å². The van der Waals surface area contributed by atoms with Crippen molar-refractivity contribution < 1.29 is 4.92 Å². The summed E-state index contributed by atoms with van der Waals surface area (Å²) in [7, 11) is 0. The van der Waals surface area contributed by atoms with Gasteiger partial charge < -0.3 is 5.32 Å². The van der Waals surface area contributed by atoms with Crippen molar-refractivity contribution in [3.8, 4) is 0 Å². The summed E-state index contributed by atoms with van der Waals surface area (Å²) in [6, 6.07) is 7.23. The summed E-state index contributed by atoms with van der Waals surface area (Å²) in [5, 5.41) is 14.2. The lowest BCUT2D eigenvalue weighted by Gasteiger charge is -2.22. The maximum atomic E-state index is 10.8. The second-order valence-electron chi connectivity index (χ2n) is 6.24. The average molecular weight is 262 g/mol. The molecule has 1 aliphatic carbocycles. The molecule has 1 unspecified atom stereocenters. The second kappa shape index (κ2) is 5.59. The Kier molecular flexibility index (Phi) is 4.08. The van der Waals surface area contributed by atoms with Crippen molar-refractivity contribution in [2.75, 3.05) is 5.32 Å². The molecular formula is C15H22N2O2. The number of hydrogen-bond donors (Lipinski definition) is 1. The van der Waals surface area contributed by atoms with Crippen LogP contribution in [0, 0.1) is 15.5 Å². The quantitative estimate of drug-likeness (QED) is 0.500. The zero-order valence-electron chi connectivity index (χ0n) is 11.7. The van der Waals surface area contributed by atoms with Gasteiger partial charge in [0.2, 0.25) is 0 Å². The van der Waals surface area contributed by atoms with E-state index in [4.69, 9.17) is 0 Å². The van der Waals surface area contributed by atoms with E-state index in [1.165, 1.54) is 25.3 Å². The number of anilines is 1. The highest BCUT2D eigenvalue weighted by atomic mass is 16.6. The summed E-state index contributed by atoms with van der Waals surface area (Å²) < 4.78 is 0. The highest BCUT2D eigenvalue weighted by Gasteiger charge is 2.24. The molecule has 19 heavy (non-hydrogen) atoms. The predicted molar refractivity (Wildman–Crippen MR) is 77.4 cm³/mol. The van der Waals surface area contributed by atoms with E-state index in [1.807, 2.05) is 6.07 Å². The van der Waals surface area contributed by atoms with Crippen molar-refractivity contribution in [2.45, 2.75) is 52.0 Å². The maximum Gasteiger partial charge on any atom is 0.271 e. The Balaban J connectivity index is 2.01. The van der Waals surface area contributed by atoms with Gasteiger partial charge in [0.15, 0.2) is 0 Å². The van der Waals surface area contributed by atoms with Crippen LogP contribution in [-0.2, 0) is 0 Å². The molecular weight excluding hydrogens is 240 g/mol. The number of rotatable bonds is 3. The van der Waals surface area contributed by atoms with Crippen LogP contribution in [0.5, 0.6) is 0 Å². The largest absolute Gasteiger partial charge is 0.382 e. The van der Waals surface area contributed by atoms with Crippen LogP contribution >= 0.6 is 0 Å². The first-order valence-electron chi connectivity index (χ1n) is 6.97. The molecule has 1 aromatic carbocycles. The molecule has 0 heterocycles. The number of nitrogens with zero attached hydrogens (tertiary/aromatic N) is 1. The molecule has 0 spiro atoms. The van der Waals surface area contributed by atoms with Crippen LogP contribution in [0.25, 0.3) is 0 Å². The molecule has 1 fully saturated rings. The number of nitro groups is 1. The molecule has 0 aliphatic heterocycles. The lowest BCUT2D eigenvalue weighted by Crippen LogP contribution is -2.19. The standard InChI is InChI=1S/C15H22N2O2/c1-15(2)9-4-6-12(8-10-15)16-13-5-3-7-14(11-13)17(18)19/h3,5,7,11-12,16H,4,6,8-10H2,1-2H3. The van der Waals surface area contributed by atoms with E-state index in [-0.39, 0.29) is 10.6 Å². The van der Waals surface area contributed by atoms with Crippen molar-refractivity contribution in [3.05, 3.63) is 34.4 Å². The molecule has 0 saturated heterocycles. The zero-order chi connectivity index (χ0) is 13.9. The third-order valence-corrected chi connectivity index (χ3v) is 4.00. The van der Waals surface area contributed by atoms with Gasteiger partial charge in [-0.05, 0) is 37.2 Å². The minimum absolute atomic E-state index is 0.152. The molecule has 2 rings (SSSR count). The molecule has 1 atom stereocenters. The number of hydrogen-bond acceptors (Lipinski definition) is 3. The Morgan fingerprint density at radius 2 is 2.11 bits per heavy atom. The predicted octanol–water partition coefficient (Wildman–Crippen LogP) is 4.37. The fourth-order valence-corrected chi connectivity index (χ4v) is 2.75. The van der Waals surface area contributed by atoms with E-state index in [0.717, 1.165) is 18.5 Å². The van der Waals surface area contributed by atoms with Gasteiger partial charge in [-0.1, -0.05) is 26.3 Å². The highest BCUT2D eigenvalue weighted by molar-refractivity contribution is 5.51. The molecule has 104 valence electrons. The Morgan fingerprint density at radius 1 is 1.32 bits per heavy atom. The van der Waals surface area contributed by atoms with E-state index < -0.39 is 0 Å². The first kappa shape index (κ1) is 13.8. The minimum atomic E-state index is -0.346. The minimum Gasteiger partial charge on any atom is -0.382 e. The number of benzene rings is 1. The summed E-state index contributed by atoms with van der Waals surface area (Å²) >= 11 is 0. The summed E-state index contributed by atoms with van der Waals surface area (Å²) in [5.74, 6) is 0. The van der Waals surface area contributed by atoms with Crippen molar-refractivity contribution >= 4 is 11.4 Å². The second-order valence-corrected chi connectivity index (χ2v) is 6.24. The lowest BCUT2D eigenvalue weighted by atomic mass is 9.85. The van der Waals surface area contributed by atoms with E-state index in [1.54, 1.807) is 12.1 Å². The third-order valence-electron chi connectivity index (χ3n) is 4.00. The molecule has 0 aromatic heterocycles. The van der Waals surface area contributed by atoms with Gasteiger partial charge in [-0.3, -0.25) is 10.1 Å². The maximum absolute atomic E-state index is 10.8. The van der Waals surface area contributed by atoms with E-state index in [2.05, 4.69) is 19.2 Å². The van der Waals surface area contributed by atoms with E-state index >= 15 is 0 Å². The van der Waals surface area contributed by atoms with Gasteiger partial charge in [-0.25, -0.2) is 0 Å². The summed E-state index contributed by atoms with van der Waals surface area (Å²) in [6.45, 7) is 4.64. The smallest absolute Gasteiger partial charge is 0.271 e. The summed E-state index contributed by atoms with van der Waals surface area (Å²) in [5.41, 5.74) is 1.44. The van der Waals surface area contributed by atoms with Crippen LogP contribution in [-0.4, -0.2) is 11.0 Å². The van der Waals surface area contributed by atoms with Crippen LogP contribution in [0.3, 0.4) is 0 Å². The fourth-order valence-electron chi connectivity index (χ4n) is 2.75. The normalized spacial score (nSPS) is 22.5. The van der Waals surface area contributed by atoms with E-state index in [0.29, 0.717) is 11.5 Å². The van der Waals surface area contributed by atoms with Crippen molar-refractivity contribution in [1.29, 1.82) is 0 Å². The number of nitrogens with one attached hydrogen (secondary N) is 1. The van der Waals surface area contributed by atoms with Gasteiger partial charge in [0.1, 0.15) is 0 Å². The van der Waals surface area contributed by atoms with Gasteiger partial charge in [-0.15, -0.1) is 0 Å². The van der Waals surface area contributed by atoms with Gasteiger partial charge in [0, 0.05) is 23.9 Å². The Labute approximate surface area is 114 Å². The third kappa shape index (κ3) is 3.94. The molecule has 1 aromatic rings. The number of non-ortho nitro benzene ring substituents is 1. The van der Waals surface area contributed by atoms with Gasteiger partial charge in [0.05, 0.1) is 4.92 Å².